The molecule has 168 valence electrons. The van der Waals surface area contributed by atoms with Crippen LogP contribution in [0.4, 0.5) is 17.6 Å². The van der Waals surface area contributed by atoms with E-state index in [1.165, 1.54) is 24.4 Å². The van der Waals surface area contributed by atoms with Crippen LogP contribution < -0.4 is 14.2 Å². The zero-order valence-corrected chi connectivity index (χ0v) is 17.1. The van der Waals surface area contributed by atoms with Gasteiger partial charge in [-0.05, 0) is 42.0 Å². The van der Waals surface area contributed by atoms with Crippen molar-refractivity contribution in [3.8, 4) is 11.5 Å². The first-order chi connectivity index (χ1) is 15.1. The maximum atomic E-state index is 14.6. The lowest BCUT2D eigenvalue weighted by atomic mass is 9.82. The van der Waals surface area contributed by atoms with Gasteiger partial charge in [0.25, 0.3) is 0 Å². The molecule has 0 saturated carbocycles. The zero-order chi connectivity index (χ0) is 23.0. The predicted octanol–water partition coefficient (Wildman–Crippen LogP) is 4.12. The van der Waals surface area contributed by atoms with E-state index in [-0.39, 0.29) is 34.9 Å². The van der Waals surface area contributed by atoms with E-state index in [0.29, 0.717) is 0 Å². The van der Waals surface area contributed by atoms with Crippen molar-refractivity contribution in [3.05, 3.63) is 83.9 Å². The minimum absolute atomic E-state index is 0.0159. The number of aromatic nitrogens is 1. The molecule has 1 unspecified atom stereocenters. The monoisotopic (exact) mass is 468 g/mol. The lowest BCUT2D eigenvalue weighted by molar-refractivity contribution is -0.275. The molecule has 0 aliphatic carbocycles. The summed E-state index contributed by atoms with van der Waals surface area (Å²) in [6.07, 6.45) is -3.65. The minimum Gasteiger partial charge on any atom is -0.491 e. The Bertz CT molecular complexity index is 1240. The number of alkyl halides is 3. The summed E-state index contributed by atoms with van der Waals surface area (Å²) in [6, 6.07) is 13.4. The number of hydrogen-bond acceptors (Lipinski definition) is 5. The fraction of sp³-hybridized carbons (Fsp3) is 0.190. The highest BCUT2D eigenvalue weighted by atomic mass is 32.2. The van der Waals surface area contributed by atoms with Gasteiger partial charge in [0.15, 0.2) is 11.6 Å². The average Bonchev–Trinajstić information content (AvgIpc) is 2.75. The Morgan fingerprint density at radius 3 is 2.50 bits per heavy atom. The van der Waals surface area contributed by atoms with E-state index in [1.807, 2.05) is 0 Å². The largest absolute Gasteiger partial charge is 0.573 e. The first-order valence-corrected chi connectivity index (χ1v) is 10.8. The number of benzene rings is 2. The Morgan fingerprint density at radius 1 is 1.06 bits per heavy atom. The number of rotatable bonds is 5. The van der Waals surface area contributed by atoms with Crippen LogP contribution in [0, 0.1) is 5.82 Å². The van der Waals surface area contributed by atoms with E-state index in [9.17, 15) is 26.0 Å². The number of halogens is 4. The molecule has 3 aromatic rings. The molecular formula is C21H16F4N2O4S. The molecule has 2 aromatic carbocycles. The summed E-state index contributed by atoms with van der Waals surface area (Å²) in [4.78, 5) is 4.21. The fourth-order valence-electron chi connectivity index (χ4n) is 3.56. The van der Waals surface area contributed by atoms with Gasteiger partial charge in [0.05, 0.1) is 11.5 Å². The zero-order valence-electron chi connectivity index (χ0n) is 16.3. The number of pyridine rings is 1. The van der Waals surface area contributed by atoms with E-state index < -0.39 is 33.5 Å². The molecule has 0 amide bonds. The van der Waals surface area contributed by atoms with Gasteiger partial charge >= 0.3 is 6.36 Å². The molecular weight excluding hydrogens is 452 g/mol. The smallest absolute Gasteiger partial charge is 0.491 e. The molecule has 1 atom stereocenters. The predicted molar refractivity (Wildman–Crippen MR) is 105 cm³/mol. The van der Waals surface area contributed by atoms with E-state index in [0.717, 1.165) is 12.1 Å². The maximum Gasteiger partial charge on any atom is 0.573 e. The molecule has 1 aromatic heterocycles. The van der Waals surface area contributed by atoms with Crippen LogP contribution in [0.3, 0.4) is 0 Å². The molecule has 6 nitrogen and oxygen atoms in total. The van der Waals surface area contributed by atoms with Crippen molar-refractivity contribution in [1.82, 2.24) is 9.71 Å². The van der Waals surface area contributed by atoms with Crippen LogP contribution in [0.25, 0.3) is 0 Å². The van der Waals surface area contributed by atoms with Gasteiger partial charge < -0.3 is 9.47 Å². The van der Waals surface area contributed by atoms with Crippen LogP contribution >= 0.6 is 0 Å². The van der Waals surface area contributed by atoms with Gasteiger partial charge in [-0.25, -0.2) is 12.8 Å². The fourth-order valence-corrected chi connectivity index (χ4v) is 4.97. The van der Waals surface area contributed by atoms with E-state index in [1.54, 1.807) is 30.3 Å². The van der Waals surface area contributed by atoms with Crippen molar-refractivity contribution in [1.29, 1.82) is 0 Å². The summed E-state index contributed by atoms with van der Waals surface area (Å²) < 4.78 is 90.5. The average molecular weight is 468 g/mol. The summed E-state index contributed by atoms with van der Waals surface area (Å²) in [5.74, 6) is -2.07. The second-order valence-corrected chi connectivity index (χ2v) is 8.65. The lowest BCUT2D eigenvalue weighted by Gasteiger charge is -2.38. The number of hydrogen-bond donors (Lipinski definition) is 1. The van der Waals surface area contributed by atoms with Gasteiger partial charge in [-0.15, -0.1) is 13.2 Å². The number of fused-ring (bicyclic) bond motifs is 1. The molecule has 4 rings (SSSR count). The molecule has 0 radical (unpaired) electrons. The molecule has 1 N–H and O–H groups in total. The molecule has 32 heavy (non-hydrogen) atoms. The van der Waals surface area contributed by atoms with Crippen molar-refractivity contribution in [2.45, 2.75) is 23.2 Å². The lowest BCUT2D eigenvalue weighted by Crippen LogP contribution is -2.50. The molecule has 1 aliphatic rings. The van der Waals surface area contributed by atoms with E-state index >= 15 is 0 Å². The number of nitrogens with one attached hydrogen (secondary N) is 1. The molecule has 0 spiro atoms. The van der Waals surface area contributed by atoms with Crippen molar-refractivity contribution in [3.63, 3.8) is 0 Å². The van der Waals surface area contributed by atoms with Crippen molar-refractivity contribution >= 4 is 10.0 Å². The summed E-state index contributed by atoms with van der Waals surface area (Å²) in [7, 11) is -4.14. The second-order valence-electron chi connectivity index (χ2n) is 6.97. The molecule has 0 fully saturated rings. The summed E-state index contributed by atoms with van der Waals surface area (Å²) >= 11 is 0. The highest BCUT2D eigenvalue weighted by Gasteiger charge is 2.45. The Kier molecular flexibility index (Phi) is 5.55. The third kappa shape index (κ3) is 4.26. The standard InChI is InChI=1S/C21H16F4N2O4S/c22-16-13-14(8-9-17(16)31-21(23,24)25)20(10-12-30-18-7-4-11-26-19(18)20)27-32(28,29)15-5-2-1-3-6-15/h1-9,11,13,27H,10,12H2. The van der Waals surface area contributed by atoms with Crippen LogP contribution in [0.2, 0.25) is 0 Å². The SMILES string of the molecule is O=S(=O)(NC1(c2ccc(OC(F)(F)F)c(F)c2)CCOc2cccnc21)c1ccccc1. The first-order valence-electron chi connectivity index (χ1n) is 9.34. The number of ether oxygens (including phenoxy) is 2. The van der Waals surface area contributed by atoms with Crippen LogP contribution in [0.15, 0.2) is 71.8 Å². The normalized spacial score (nSPS) is 18.5. The third-order valence-electron chi connectivity index (χ3n) is 4.92. The quantitative estimate of drug-likeness (QED) is 0.570. The Hall–Kier alpha value is -3.18. The highest BCUT2D eigenvalue weighted by molar-refractivity contribution is 7.89. The van der Waals surface area contributed by atoms with Crippen LogP contribution in [0.1, 0.15) is 17.7 Å². The Morgan fingerprint density at radius 2 is 1.81 bits per heavy atom. The van der Waals surface area contributed by atoms with Gasteiger partial charge in [-0.3, -0.25) is 4.98 Å². The summed E-state index contributed by atoms with van der Waals surface area (Å²) in [5, 5.41) is 0. The third-order valence-corrected chi connectivity index (χ3v) is 6.43. The molecule has 0 saturated heterocycles. The highest BCUT2D eigenvalue weighted by Crippen LogP contribution is 2.42. The Balaban J connectivity index is 1.86. The Labute approximate surface area is 180 Å². The van der Waals surface area contributed by atoms with Gasteiger partial charge in [0.1, 0.15) is 17.0 Å². The second kappa shape index (κ2) is 8.06. The van der Waals surface area contributed by atoms with Gasteiger partial charge in [-0.1, -0.05) is 24.3 Å². The first kappa shape index (κ1) is 22.0. The van der Waals surface area contributed by atoms with E-state index in [4.69, 9.17) is 4.74 Å². The minimum atomic E-state index is -5.08. The number of nitrogens with zero attached hydrogens (tertiary/aromatic N) is 1. The molecule has 2 heterocycles. The molecule has 11 heteroatoms. The van der Waals surface area contributed by atoms with Gasteiger partial charge in [0.2, 0.25) is 10.0 Å². The van der Waals surface area contributed by atoms with Gasteiger partial charge in [-0.2, -0.15) is 4.72 Å². The number of sulfonamides is 1. The van der Waals surface area contributed by atoms with Crippen molar-refractivity contribution in [2.24, 2.45) is 0 Å². The van der Waals surface area contributed by atoms with Crippen molar-refractivity contribution < 1.29 is 35.5 Å². The summed E-state index contributed by atoms with van der Waals surface area (Å²) in [5.41, 5.74) is -1.39. The van der Waals surface area contributed by atoms with Crippen LogP contribution in [-0.4, -0.2) is 26.4 Å². The molecule has 0 bridgehead atoms. The van der Waals surface area contributed by atoms with Crippen LogP contribution in [0.5, 0.6) is 11.5 Å². The van der Waals surface area contributed by atoms with E-state index in [2.05, 4.69) is 14.4 Å². The maximum absolute atomic E-state index is 14.6. The summed E-state index contributed by atoms with van der Waals surface area (Å²) in [6.45, 7) is 0.0540. The van der Waals surface area contributed by atoms with Crippen molar-refractivity contribution in [2.75, 3.05) is 6.61 Å². The van der Waals surface area contributed by atoms with Gasteiger partial charge in [0, 0.05) is 12.6 Å². The molecule has 1 aliphatic heterocycles. The topological polar surface area (TPSA) is 77.5 Å². The van der Waals surface area contributed by atoms with Crippen LogP contribution in [-0.2, 0) is 15.6 Å².